The van der Waals surface area contributed by atoms with E-state index in [-0.39, 0.29) is 0 Å². The summed E-state index contributed by atoms with van der Waals surface area (Å²) in [5.74, 6) is 1.39. The van der Waals surface area contributed by atoms with Gasteiger partial charge < -0.3 is 10.5 Å². The van der Waals surface area contributed by atoms with Gasteiger partial charge in [-0.2, -0.15) is 0 Å². The summed E-state index contributed by atoms with van der Waals surface area (Å²) in [7, 11) is 0. The maximum Gasteiger partial charge on any atom is 0.119 e. The summed E-state index contributed by atoms with van der Waals surface area (Å²) >= 11 is 0. The van der Waals surface area contributed by atoms with Gasteiger partial charge in [0.1, 0.15) is 5.75 Å². The molecule has 0 saturated carbocycles. The average molecular weight is 283 g/mol. The largest absolute Gasteiger partial charge is 0.494 e. The number of hydrogen-bond acceptors (Lipinski definition) is 2. The number of hydrogen-bond donors (Lipinski definition) is 1. The van der Waals surface area contributed by atoms with Gasteiger partial charge in [0.2, 0.25) is 0 Å². The second-order valence-electron chi connectivity index (χ2n) is 5.66. The van der Waals surface area contributed by atoms with Crippen molar-refractivity contribution >= 4 is 0 Å². The van der Waals surface area contributed by atoms with Crippen LogP contribution in [0.3, 0.4) is 0 Å². The topological polar surface area (TPSA) is 35.2 Å². The molecule has 0 fully saturated rings. The summed E-state index contributed by atoms with van der Waals surface area (Å²) in [6.07, 6.45) is 2.08. The summed E-state index contributed by atoms with van der Waals surface area (Å²) < 4.78 is 5.86. The van der Waals surface area contributed by atoms with Crippen LogP contribution < -0.4 is 10.5 Å². The third-order valence-electron chi connectivity index (χ3n) is 3.72. The van der Waals surface area contributed by atoms with Crippen LogP contribution in [-0.4, -0.2) is 13.2 Å². The molecular weight excluding hydrogens is 258 g/mol. The summed E-state index contributed by atoms with van der Waals surface area (Å²) in [5.41, 5.74) is 9.71. The monoisotopic (exact) mass is 283 g/mol. The lowest BCUT2D eigenvalue weighted by Crippen LogP contribution is -2.13. The van der Waals surface area contributed by atoms with Gasteiger partial charge in [-0.25, -0.2) is 0 Å². The molecule has 0 aliphatic carbocycles. The summed E-state index contributed by atoms with van der Waals surface area (Å²) in [6, 6.07) is 16.8. The number of rotatable bonds is 7. The van der Waals surface area contributed by atoms with Crippen LogP contribution in [-0.2, 0) is 0 Å². The number of benzene rings is 2. The van der Waals surface area contributed by atoms with Crippen molar-refractivity contribution in [2.75, 3.05) is 13.2 Å². The third kappa shape index (κ3) is 4.91. The fourth-order valence-electron chi connectivity index (χ4n) is 2.68. The van der Waals surface area contributed by atoms with Crippen LogP contribution in [0.1, 0.15) is 35.4 Å². The predicted octanol–water partition coefficient (Wildman–Crippen LogP) is 4.20. The molecule has 2 N–H and O–H groups in total. The molecule has 1 unspecified atom stereocenters. The van der Waals surface area contributed by atoms with Crippen LogP contribution in [0.4, 0.5) is 0 Å². The summed E-state index contributed by atoms with van der Waals surface area (Å²) in [4.78, 5) is 0. The highest BCUT2D eigenvalue weighted by Gasteiger charge is 2.08. The molecule has 0 aliphatic heterocycles. The molecule has 0 aliphatic rings. The number of aryl methyl sites for hydroxylation is 2. The van der Waals surface area contributed by atoms with Gasteiger partial charge in [-0.15, -0.1) is 0 Å². The van der Waals surface area contributed by atoms with Crippen LogP contribution in [0.5, 0.6) is 5.75 Å². The summed E-state index contributed by atoms with van der Waals surface area (Å²) in [6.45, 7) is 5.62. The fraction of sp³-hybridized carbons (Fsp3) is 0.368. The Labute approximate surface area is 127 Å². The molecule has 0 radical (unpaired) electrons. The molecule has 0 bridgehead atoms. The van der Waals surface area contributed by atoms with Gasteiger partial charge in [0, 0.05) is 0 Å². The second kappa shape index (κ2) is 7.84. The Balaban J connectivity index is 1.81. The molecule has 21 heavy (non-hydrogen) atoms. The smallest absolute Gasteiger partial charge is 0.119 e. The minimum atomic E-state index is 0.425. The number of nitrogens with two attached hydrogens (primary N) is 1. The Bertz CT molecular complexity index is 530. The zero-order chi connectivity index (χ0) is 15.1. The first-order valence-electron chi connectivity index (χ1n) is 7.65. The summed E-state index contributed by atoms with van der Waals surface area (Å²) in [5, 5.41) is 0. The molecule has 0 heterocycles. The maximum absolute atomic E-state index is 5.90. The first-order valence-corrected chi connectivity index (χ1v) is 7.65. The zero-order valence-corrected chi connectivity index (χ0v) is 13.0. The molecular formula is C19H25NO. The molecule has 2 rings (SSSR count). The highest BCUT2D eigenvalue weighted by atomic mass is 16.5. The van der Waals surface area contributed by atoms with Crippen molar-refractivity contribution in [1.82, 2.24) is 0 Å². The van der Waals surface area contributed by atoms with E-state index in [9.17, 15) is 0 Å². The van der Waals surface area contributed by atoms with Gasteiger partial charge in [-0.3, -0.25) is 0 Å². The Kier molecular flexibility index (Phi) is 5.82. The molecule has 2 nitrogen and oxygen atoms in total. The normalized spacial score (nSPS) is 12.1. The van der Waals surface area contributed by atoms with Gasteiger partial charge in [0.05, 0.1) is 6.61 Å². The van der Waals surface area contributed by atoms with Gasteiger partial charge in [0.25, 0.3) is 0 Å². The van der Waals surface area contributed by atoms with E-state index in [2.05, 4.69) is 56.3 Å². The van der Waals surface area contributed by atoms with E-state index in [1.165, 1.54) is 16.7 Å². The Hall–Kier alpha value is -1.80. The van der Waals surface area contributed by atoms with Crippen LogP contribution >= 0.6 is 0 Å². The van der Waals surface area contributed by atoms with E-state index in [1.807, 2.05) is 6.07 Å². The Morgan fingerprint density at radius 2 is 1.67 bits per heavy atom. The molecule has 2 aromatic carbocycles. The van der Waals surface area contributed by atoms with Crippen molar-refractivity contribution in [3.8, 4) is 5.75 Å². The van der Waals surface area contributed by atoms with Crippen molar-refractivity contribution in [2.24, 2.45) is 5.73 Å². The van der Waals surface area contributed by atoms with E-state index >= 15 is 0 Å². The van der Waals surface area contributed by atoms with Gasteiger partial charge in [-0.05, 0) is 68.0 Å². The molecule has 2 aromatic rings. The molecule has 2 heteroatoms. The lowest BCUT2D eigenvalue weighted by Gasteiger charge is -2.15. The molecule has 0 spiro atoms. The quantitative estimate of drug-likeness (QED) is 0.773. The minimum absolute atomic E-state index is 0.425. The van der Waals surface area contributed by atoms with E-state index in [4.69, 9.17) is 10.5 Å². The first-order chi connectivity index (χ1) is 10.2. The Morgan fingerprint density at radius 1 is 1.00 bits per heavy atom. The zero-order valence-electron chi connectivity index (χ0n) is 13.0. The lowest BCUT2D eigenvalue weighted by atomic mass is 9.95. The van der Waals surface area contributed by atoms with E-state index < -0.39 is 0 Å². The van der Waals surface area contributed by atoms with Gasteiger partial charge in [-0.1, -0.05) is 36.4 Å². The molecule has 0 aromatic heterocycles. The Morgan fingerprint density at radius 3 is 2.29 bits per heavy atom. The molecule has 1 atom stereocenters. The molecule has 112 valence electrons. The fourth-order valence-corrected chi connectivity index (χ4v) is 2.68. The van der Waals surface area contributed by atoms with Crippen molar-refractivity contribution in [3.05, 3.63) is 65.2 Å². The highest BCUT2D eigenvalue weighted by Crippen LogP contribution is 2.21. The van der Waals surface area contributed by atoms with Crippen molar-refractivity contribution in [3.63, 3.8) is 0 Å². The van der Waals surface area contributed by atoms with Gasteiger partial charge in [0.15, 0.2) is 0 Å². The minimum Gasteiger partial charge on any atom is -0.494 e. The van der Waals surface area contributed by atoms with Crippen LogP contribution in [0, 0.1) is 13.8 Å². The maximum atomic E-state index is 5.90. The third-order valence-corrected chi connectivity index (χ3v) is 3.72. The van der Waals surface area contributed by atoms with Crippen LogP contribution in [0.2, 0.25) is 0 Å². The molecule has 0 saturated heterocycles. The lowest BCUT2D eigenvalue weighted by molar-refractivity contribution is 0.301. The number of ether oxygens (including phenoxy) is 1. The molecule has 0 amide bonds. The second-order valence-corrected chi connectivity index (χ2v) is 5.66. The van der Waals surface area contributed by atoms with Gasteiger partial charge >= 0.3 is 0 Å². The average Bonchev–Trinajstić information content (AvgIpc) is 2.47. The standard InChI is InChI=1S/C19H25NO/c1-15-11-16(2)13-19(12-15)21-10-6-9-18(14-20)17-7-4-3-5-8-17/h3-5,7-8,11-13,18H,6,9-10,14,20H2,1-2H3. The van der Waals surface area contributed by atoms with Crippen LogP contribution in [0.15, 0.2) is 48.5 Å². The SMILES string of the molecule is Cc1cc(C)cc(OCCCC(CN)c2ccccc2)c1. The first kappa shape index (κ1) is 15.6. The van der Waals surface area contributed by atoms with Crippen molar-refractivity contribution < 1.29 is 4.74 Å². The predicted molar refractivity (Wildman–Crippen MR) is 88.9 cm³/mol. The van der Waals surface area contributed by atoms with Crippen molar-refractivity contribution in [2.45, 2.75) is 32.6 Å². The van der Waals surface area contributed by atoms with E-state index in [1.54, 1.807) is 0 Å². The highest BCUT2D eigenvalue weighted by molar-refractivity contribution is 5.32. The van der Waals surface area contributed by atoms with Crippen LogP contribution in [0.25, 0.3) is 0 Å². The van der Waals surface area contributed by atoms with Crippen molar-refractivity contribution in [1.29, 1.82) is 0 Å². The van der Waals surface area contributed by atoms with E-state index in [0.717, 1.165) is 25.2 Å². The van der Waals surface area contributed by atoms with E-state index in [0.29, 0.717) is 12.5 Å².